The molecule has 0 unspecified atom stereocenters. The lowest BCUT2D eigenvalue weighted by atomic mass is 10.3. The van der Waals surface area contributed by atoms with E-state index in [1.165, 1.54) is 16.2 Å². The van der Waals surface area contributed by atoms with Crippen LogP contribution in [0.25, 0.3) is 0 Å². The van der Waals surface area contributed by atoms with E-state index in [9.17, 15) is 9.59 Å². The van der Waals surface area contributed by atoms with Gasteiger partial charge in [0.05, 0.1) is 23.6 Å². The van der Waals surface area contributed by atoms with Gasteiger partial charge in [0.2, 0.25) is 5.91 Å². The van der Waals surface area contributed by atoms with E-state index in [-0.39, 0.29) is 25.0 Å². The fourth-order valence-electron chi connectivity index (χ4n) is 1.68. The van der Waals surface area contributed by atoms with Crippen molar-refractivity contribution in [1.29, 1.82) is 0 Å². The maximum atomic E-state index is 11.9. The third-order valence-electron chi connectivity index (χ3n) is 3.02. The van der Waals surface area contributed by atoms with Crippen molar-refractivity contribution in [2.24, 2.45) is 0 Å². The minimum Gasteiger partial charge on any atom is -0.394 e. The summed E-state index contributed by atoms with van der Waals surface area (Å²) in [6, 6.07) is 3.54. The number of hydrogen-bond donors (Lipinski definition) is 2. The normalized spacial score (nSPS) is 16.1. The van der Waals surface area contributed by atoms with E-state index in [0.717, 1.165) is 12.8 Å². The van der Waals surface area contributed by atoms with Crippen LogP contribution in [0, 0.1) is 0 Å². The number of amides is 2. The van der Waals surface area contributed by atoms with Crippen LogP contribution in [-0.4, -0.2) is 47.6 Å². The highest BCUT2D eigenvalue weighted by atomic mass is 32.1. The van der Waals surface area contributed by atoms with E-state index in [1.54, 1.807) is 19.2 Å². The van der Waals surface area contributed by atoms with Gasteiger partial charge in [-0.15, -0.1) is 11.3 Å². The Labute approximate surface area is 109 Å². The molecule has 1 aromatic heterocycles. The summed E-state index contributed by atoms with van der Waals surface area (Å²) in [4.78, 5) is 25.6. The minimum absolute atomic E-state index is 0.0124. The van der Waals surface area contributed by atoms with Gasteiger partial charge >= 0.3 is 0 Å². The van der Waals surface area contributed by atoms with Crippen LogP contribution in [0.15, 0.2) is 17.5 Å². The lowest BCUT2D eigenvalue weighted by Crippen LogP contribution is -2.45. The average molecular weight is 268 g/mol. The number of nitrogens with zero attached hydrogens (tertiary/aromatic N) is 1. The zero-order valence-electron chi connectivity index (χ0n) is 10.2. The predicted octanol–water partition coefficient (Wildman–Crippen LogP) is 0.461. The molecule has 1 heterocycles. The number of aliphatic hydroxyl groups excluding tert-OH is 1. The van der Waals surface area contributed by atoms with Crippen molar-refractivity contribution < 1.29 is 14.7 Å². The summed E-state index contributed by atoms with van der Waals surface area (Å²) >= 11 is 1.35. The smallest absolute Gasteiger partial charge is 0.264 e. The van der Waals surface area contributed by atoms with Crippen LogP contribution < -0.4 is 5.32 Å². The molecule has 1 fully saturated rings. The van der Waals surface area contributed by atoms with Crippen molar-refractivity contribution in [3.63, 3.8) is 0 Å². The lowest BCUT2D eigenvalue weighted by molar-refractivity contribution is -0.122. The van der Waals surface area contributed by atoms with Crippen LogP contribution >= 0.6 is 11.3 Å². The van der Waals surface area contributed by atoms with Crippen molar-refractivity contribution in [1.82, 2.24) is 10.2 Å². The quantitative estimate of drug-likeness (QED) is 0.815. The fraction of sp³-hybridized carbons (Fsp3) is 0.500. The van der Waals surface area contributed by atoms with E-state index in [2.05, 4.69) is 5.32 Å². The van der Waals surface area contributed by atoms with E-state index in [4.69, 9.17) is 5.11 Å². The highest BCUT2D eigenvalue weighted by molar-refractivity contribution is 7.12. The van der Waals surface area contributed by atoms with E-state index in [1.807, 2.05) is 5.38 Å². The summed E-state index contributed by atoms with van der Waals surface area (Å²) in [7, 11) is 1.60. The van der Waals surface area contributed by atoms with Crippen LogP contribution in [0.1, 0.15) is 22.5 Å². The van der Waals surface area contributed by atoms with Gasteiger partial charge in [0.15, 0.2) is 0 Å². The van der Waals surface area contributed by atoms with Gasteiger partial charge < -0.3 is 15.3 Å². The number of rotatable bonds is 5. The van der Waals surface area contributed by atoms with Crippen molar-refractivity contribution in [2.75, 3.05) is 20.2 Å². The van der Waals surface area contributed by atoms with E-state index >= 15 is 0 Å². The van der Waals surface area contributed by atoms with Crippen molar-refractivity contribution in [3.8, 4) is 0 Å². The first kappa shape index (κ1) is 13.0. The summed E-state index contributed by atoms with van der Waals surface area (Å²) in [5.41, 5.74) is -0.427. The first-order valence-electron chi connectivity index (χ1n) is 5.77. The van der Waals surface area contributed by atoms with Crippen LogP contribution in [0.4, 0.5) is 0 Å². The Morgan fingerprint density at radius 1 is 1.56 bits per heavy atom. The third kappa shape index (κ3) is 2.88. The number of thiophene rings is 1. The molecule has 1 aliphatic rings. The van der Waals surface area contributed by atoms with Gasteiger partial charge in [-0.05, 0) is 24.3 Å². The summed E-state index contributed by atoms with van der Waals surface area (Å²) < 4.78 is 0. The molecule has 2 rings (SSSR count). The SMILES string of the molecule is CN(CC(=O)NC1(CO)CC1)C(=O)c1cccs1. The van der Waals surface area contributed by atoms with Gasteiger partial charge in [0.1, 0.15) is 0 Å². The second kappa shape index (κ2) is 5.07. The Kier molecular flexibility index (Phi) is 3.68. The Morgan fingerprint density at radius 3 is 2.78 bits per heavy atom. The predicted molar refractivity (Wildman–Crippen MR) is 68.5 cm³/mol. The summed E-state index contributed by atoms with van der Waals surface area (Å²) in [6.07, 6.45) is 1.61. The third-order valence-corrected chi connectivity index (χ3v) is 3.88. The fourth-order valence-corrected chi connectivity index (χ4v) is 2.40. The lowest BCUT2D eigenvalue weighted by Gasteiger charge is -2.19. The Hall–Kier alpha value is -1.40. The zero-order valence-corrected chi connectivity index (χ0v) is 11.0. The average Bonchev–Trinajstić information content (AvgIpc) is 2.91. The summed E-state index contributed by atoms with van der Waals surface area (Å²) in [6.45, 7) is -0.0280. The second-order valence-corrected chi connectivity index (χ2v) is 5.57. The van der Waals surface area contributed by atoms with Gasteiger partial charge in [0.25, 0.3) is 5.91 Å². The molecule has 0 spiro atoms. The molecule has 5 nitrogen and oxygen atoms in total. The topological polar surface area (TPSA) is 69.6 Å². The number of likely N-dealkylation sites (N-methyl/N-ethyl adjacent to an activating group) is 1. The van der Waals surface area contributed by atoms with Gasteiger partial charge in [-0.3, -0.25) is 9.59 Å². The van der Waals surface area contributed by atoms with Crippen molar-refractivity contribution >= 4 is 23.2 Å². The number of carbonyl (C=O) groups excluding carboxylic acids is 2. The Bertz CT molecular complexity index is 440. The molecule has 98 valence electrons. The summed E-state index contributed by atoms with van der Waals surface area (Å²) in [5, 5.41) is 13.7. The van der Waals surface area contributed by atoms with Gasteiger partial charge in [-0.1, -0.05) is 6.07 Å². The second-order valence-electron chi connectivity index (χ2n) is 4.63. The molecule has 18 heavy (non-hydrogen) atoms. The van der Waals surface area contributed by atoms with E-state index in [0.29, 0.717) is 4.88 Å². The van der Waals surface area contributed by atoms with Crippen LogP contribution in [0.2, 0.25) is 0 Å². The van der Waals surface area contributed by atoms with Gasteiger partial charge in [0, 0.05) is 7.05 Å². The zero-order chi connectivity index (χ0) is 13.2. The van der Waals surface area contributed by atoms with Gasteiger partial charge in [-0.25, -0.2) is 0 Å². The first-order valence-corrected chi connectivity index (χ1v) is 6.65. The largest absolute Gasteiger partial charge is 0.394 e. The molecule has 6 heteroatoms. The van der Waals surface area contributed by atoms with Gasteiger partial charge in [-0.2, -0.15) is 0 Å². The molecule has 0 saturated heterocycles. The molecule has 1 aliphatic carbocycles. The highest BCUT2D eigenvalue weighted by Gasteiger charge is 2.43. The Balaban J connectivity index is 1.85. The molecule has 2 N–H and O–H groups in total. The highest BCUT2D eigenvalue weighted by Crippen LogP contribution is 2.34. The molecule has 0 aromatic carbocycles. The first-order chi connectivity index (χ1) is 8.56. The van der Waals surface area contributed by atoms with Crippen molar-refractivity contribution in [3.05, 3.63) is 22.4 Å². The van der Waals surface area contributed by atoms with Crippen LogP contribution in [0.5, 0.6) is 0 Å². The molecule has 0 radical (unpaired) electrons. The number of hydrogen-bond acceptors (Lipinski definition) is 4. The Morgan fingerprint density at radius 2 is 2.28 bits per heavy atom. The van der Waals surface area contributed by atoms with Crippen molar-refractivity contribution in [2.45, 2.75) is 18.4 Å². The molecular weight excluding hydrogens is 252 g/mol. The molecule has 1 aromatic rings. The van der Waals surface area contributed by atoms with Crippen LogP contribution in [0.3, 0.4) is 0 Å². The maximum absolute atomic E-state index is 11.9. The summed E-state index contributed by atoms with van der Waals surface area (Å²) in [5.74, 6) is -0.386. The molecular formula is C12H16N2O3S. The number of nitrogens with one attached hydrogen (secondary N) is 1. The minimum atomic E-state index is -0.427. The molecule has 0 bridgehead atoms. The maximum Gasteiger partial charge on any atom is 0.264 e. The molecule has 0 atom stereocenters. The number of carbonyl (C=O) groups is 2. The molecule has 1 saturated carbocycles. The molecule has 0 aliphatic heterocycles. The number of aliphatic hydroxyl groups is 1. The monoisotopic (exact) mass is 268 g/mol. The standard InChI is InChI=1S/C12H16N2O3S/c1-14(11(17)9-3-2-6-18-9)7-10(16)13-12(8-15)4-5-12/h2-3,6,15H,4-5,7-8H2,1H3,(H,13,16). The molecule has 2 amide bonds. The van der Waals surface area contributed by atoms with Crippen LogP contribution in [-0.2, 0) is 4.79 Å². The van der Waals surface area contributed by atoms with E-state index < -0.39 is 5.54 Å².